The Labute approximate surface area is 285 Å². The van der Waals surface area contributed by atoms with E-state index in [4.69, 9.17) is 14.1 Å². The molecule has 10 nitrogen and oxygen atoms in total. The molecule has 2 aromatic heterocycles. The van der Waals surface area contributed by atoms with Crippen molar-refractivity contribution in [1.29, 1.82) is 0 Å². The SMILES string of the molecule is CCOC(=O)c1ccc(-c2ccc(C(=O)Nc3ccc(C4Cc5cnc(NCCCN6CCNCC6)nc5-c5ccccc54)cc3)o2)cc1. The molecule has 0 spiro atoms. The third kappa shape index (κ3) is 7.40. The number of nitrogens with one attached hydrogen (secondary N) is 3. The summed E-state index contributed by atoms with van der Waals surface area (Å²) in [6.07, 6.45) is 3.80. The van der Waals surface area contributed by atoms with Crippen molar-refractivity contribution in [2.75, 3.05) is 56.5 Å². The van der Waals surface area contributed by atoms with Gasteiger partial charge in [-0.1, -0.05) is 48.5 Å². The van der Waals surface area contributed by atoms with Crippen molar-refractivity contribution in [1.82, 2.24) is 20.2 Å². The molecule has 49 heavy (non-hydrogen) atoms. The molecule has 2 aliphatic rings. The largest absolute Gasteiger partial charge is 0.462 e. The van der Waals surface area contributed by atoms with Crippen LogP contribution in [0.25, 0.3) is 22.6 Å². The number of fused-ring (bicyclic) bond motifs is 3. The highest BCUT2D eigenvalue weighted by molar-refractivity contribution is 6.02. The summed E-state index contributed by atoms with van der Waals surface area (Å²) in [5, 5.41) is 9.79. The predicted octanol–water partition coefficient (Wildman–Crippen LogP) is 6.23. The zero-order chi connectivity index (χ0) is 33.6. The summed E-state index contributed by atoms with van der Waals surface area (Å²) in [7, 11) is 0. The first-order valence-electron chi connectivity index (χ1n) is 17.0. The van der Waals surface area contributed by atoms with Crippen LogP contribution in [0.2, 0.25) is 0 Å². The van der Waals surface area contributed by atoms with Crippen LogP contribution in [-0.4, -0.2) is 72.6 Å². The molecule has 1 amide bonds. The van der Waals surface area contributed by atoms with Crippen molar-refractivity contribution in [3.8, 4) is 22.6 Å². The molecule has 0 saturated carbocycles. The van der Waals surface area contributed by atoms with Crippen LogP contribution in [0.5, 0.6) is 0 Å². The molecule has 0 bridgehead atoms. The number of nitrogens with zero attached hydrogens (tertiary/aromatic N) is 3. The van der Waals surface area contributed by atoms with Crippen LogP contribution in [0.1, 0.15) is 56.9 Å². The van der Waals surface area contributed by atoms with Gasteiger partial charge in [-0.2, -0.15) is 0 Å². The summed E-state index contributed by atoms with van der Waals surface area (Å²) in [6, 6.07) is 26.7. The Morgan fingerprint density at radius 1 is 0.980 bits per heavy atom. The smallest absolute Gasteiger partial charge is 0.338 e. The maximum absolute atomic E-state index is 13.1. The minimum atomic E-state index is -0.375. The molecular weight excluding hydrogens is 616 g/mol. The zero-order valence-electron chi connectivity index (χ0n) is 27.6. The molecule has 1 unspecified atom stereocenters. The summed E-state index contributed by atoms with van der Waals surface area (Å²) in [5.74, 6) is 0.815. The van der Waals surface area contributed by atoms with Crippen molar-refractivity contribution in [3.63, 3.8) is 0 Å². The van der Waals surface area contributed by atoms with Gasteiger partial charge in [-0.05, 0) is 79.4 Å². The van der Waals surface area contributed by atoms with Crippen LogP contribution in [0, 0.1) is 0 Å². The molecule has 1 atom stereocenters. The monoisotopic (exact) mass is 656 g/mol. The molecule has 7 rings (SSSR count). The Morgan fingerprint density at radius 2 is 1.78 bits per heavy atom. The normalized spacial score (nSPS) is 15.6. The molecule has 3 heterocycles. The number of rotatable bonds is 11. The summed E-state index contributed by atoms with van der Waals surface area (Å²) in [5.41, 5.74) is 7.51. The number of hydrogen-bond donors (Lipinski definition) is 3. The van der Waals surface area contributed by atoms with E-state index >= 15 is 0 Å². The van der Waals surface area contributed by atoms with Gasteiger partial charge in [0.05, 0.1) is 17.9 Å². The third-order valence-electron chi connectivity index (χ3n) is 9.11. The van der Waals surface area contributed by atoms with Gasteiger partial charge in [0.1, 0.15) is 5.76 Å². The fourth-order valence-electron chi connectivity index (χ4n) is 6.55. The van der Waals surface area contributed by atoms with Crippen LogP contribution in [-0.2, 0) is 11.2 Å². The molecular formula is C39H40N6O4. The second-order valence-corrected chi connectivity index (χ2v) is 12.3. The summed E-state index contributed by atoms with van der Waals surface area (Å²) in [4.78, 5) is 37.1. The van der Waals surface area contributed by atoms with Crippen LogP contribution in [0.15, 0.2) is 95.5 Å². The first-order chi connectivity index (χ1) is 24.1. The number of amides is 1. The number of anilines is 2. The van der Waals surface area contributed by atoms with E-state index in [2.05, 4.69) is 62.2 Å². The third-order valence-corrected chi connectivity index (χ3v) is 9.11. The van der Waals surface area contributed by atoms with E-state index in [1.807, 2.05) is 18.3 Å². The topological polar surface area (TPSA) is 122 Å². The van der Waals surface area contributed by atoms with Gasteiger partial charge in [-0.15, -0.1) is 0 Å². The van der Waals surface area contributed by atoms with E-state index < -0.39 is 0 Å². The first kappa shape index (κ1) is 32.2. The molecule has 1 aliphatic carbocycles. The number of esters is 1. The van der Waals surface area contributed by atoms with Gasteiger partial charge in [0.15, 0.2) is 5.76 Å². The Hall–Kier alpha value is -5.32. The molecule has 3 N–H and O–H groups in total. The molecule has 5 aromatic rings. The maximum Gasteiger partial charge on any atom is 0.338 e. The zero-order valence-corrected chi connectivity index (χ0v) is 27.6. The Bertz CT molecular complexity index is 1920. The average Bonchev–Trinajstić information content (AvgIpc) is 3.65. The lowest BCUT2D eigenvalue weighted by molar-refractivity contribution is 0.0526. The van der Waals surface area contributed by atoms with Gasteiger partial charge in [-0.25, -0.2) is 14.8 Å². The summed E-state index contributed by atoms with van der Waals surface area (Å²) in [6.45, 7) is 8.34. The number of piperazine rings is 1. The van der Waals surface area contributed by atoms with Crippen molar-refractivity contribution >= 4 is 23.5 Å². The molecule has 0 radical (unpaired) electrons. The maximum atomic E-state index is 13.1. The van der Waals surface area contributed by atoms with Gasteiger partial charge >= 0.3 is 5.97 Å². The quantitative estimate of drug-likeness (QED) is 0.112. The highest BCUT2D eigenvalue weighted by Crippen LogP contribution is 2.42. The van der Waals surface area contributed by atoms with Crippen LogP contribution in [0.4, 0.5) is 11.6 Å². The number of carbonyl (C=O) groups is 2. The number of furan rings is 1. The lowest BCUT2D eigenvalue weighted by Crippen LogP contribution is -2.44. The standard InChI is InChI=1S/C39H40N6O4/c1-2-48-38(47)28-10-8-27(9-11-28)34-16-17-35(49-34)37(46)43-30-14-12-26(13-15-30)33-24-29-25-42-39(41-18-5-21-45-22-19-40-20-23-45)44-36(29)32-7-4-3-6-31(32)33/h3-4,6-17,25,33,40H,2,5,18-24H2,1H3,(H,43,46)(H,41,42,44). The molecule has 1 fully saturated rings. The van der Waals surface area contributed by atoms with Crippen molar-refractivity contribution in [2.24, 2.45) is 0 Å². The van der Waals surface area contributed by atoms with Gasteiger partial charge in [0, 0.05) is 61.7 Å². The minimum absolute atomic E-state index is 0.137. The molecule has 10 heteroatoms. The summed E-state index contributed by atoms with van der Waals surface area (Å²) < 4.78 is 10.9. The number of aromatic nitrogens is 2. The second-order valence-electron chi connectivity index (χ2n) is 12.3. The van der Waals surface area contributed by atoms with Crippen LogP contribution in [0.3, 0.4) is 0 Å². The van der Waals surface area contributed by atoms with Crippen molar-refractivity contribution in [3.05, 3.63) is 119 Å². The molecule has 250 valence electrons. The summed E-state index contributed by atoms with van der Waals surface area (Å²) >= 11 is 0. The van der Waals surface area contributed by atoms with Gasteiger partial charge < -0.3 is 30.0 Å². The minimum Gasteiger partial charge on any atom is -0.462 e. The second kappa shape index (κ2) is 14.8. The lowest BCUT2D eigenvalue weighted by atomic mass is 9.78. The van der Waals surface area contributed by atoms with Crippen LogP contribution < -0.4 is 16.0 Å². The van der Waals surface area contributed by atoms with E-state index in [1.54, 1.807) is 43.3 Å². The fraction of sp³-hybridized carbons (Fsp3) is 0.282. The number of benzene rings is 3. The fourth-order valence-corrected chi connectivity index (χ4v) is 6.55. The van der Waals surface area contributed by atoms with Gasteiger partial charge in [0.2, 0.25) is 5.95 Å². The van der Waals surface area contributed by atoms with E-state index in [0.29, 0.717) is 29.6 Å². The first-order valence-corrected chi connectivity index (χ1v) is 17.0. The Balaban J connectivity index is 0.989. The van der Waals surface area contributed by atoms with Gasteiger partial charge in [-0.3, -0.25) is 4.79 Å². The van der Waals surface area contributed by atoms with E-state index in [1.165, 1.54) is 5.56 Å². The number of ether oxygens (including phenoxy) is 1. The van der Waals surface area contributed by atoms with E-state index in [-0.39, 0.29) is 23.6 Å². The Morgan fingerprint density at radius 3 is 2.57 bits per heavy atom. The van der Waals surface area contributed by atoms with Crippen LogP contribution >= 0.6 is 0 Å². The van der Waals surface area contributed by atoms with Crippen molar-refractivity contribution in [2.45, 2.75) is 25.7 Å². The number of carbonyl (C=O) groups excluding carboxylic acids is 2. The molecule has 3 aromatic carbocycles. The molecule has 1 aliphatic heterocycles. The Kier molecular flexibility index (Phi) is 9.76. The highest BCUT2D eigenvalue weighted by atomic mass is 16.5. The average molecular weight is 657 g/mol. The van der Waals surface area contributed by atoms with Crippen molar-refractivity contribution < 1.29 is 18.7 Å². The lowest BCUT2D eigenvalue weighted by Gasteiger charge is -2.28. The van der Waals surface area contributed by atoms with E-state index in [9.17, 15) is 9.59 Å². The van der Waals surface area contributed by atoms with Gasteiger partial charge in [0.25, 0.3) is 5.91 Å². The highest BCUT2D eigenvalue weighted by Gasteiger charge is 2.27. The molecule has 1 saturated heterocycles. The number of hydrogen-bond acceptors (Lipinski definition) is 9. The predicted molar refractivity (Wildman–Crippen MR) is 190 cm³/mol. The van der Waals surface area contributed by atoms with E-state index in [0.717, 1.165) is 80.1 Å².